The van der Waals surface area contributed by atoms with Crippen molar-refractivity contribution in [2.24, 2.45) is 0 Å². The van der Waals surface area contributed by atoms with Crippen LogP contribution in [0.15, 0.2) is 40.5 Å². The highest BCUT2D eigenvalue weighted by atomic mass is 16.5. The number of phenolic OH excluding ortho intramolecular Hbond substituents is 1. The summed E-state index contributed by atoms with van der Waals surface area (Å²) in [6, 6.07) is 7.86. The van der Waals surface area contributed by atoms with E-state index < -0.39 is 5.78 Å². The lowest BCUT2D eigenvalue weighted by Gasteiger charge is -2.09. The number of ether oxygens (including phenoxy) is 2. The molecule has 2 aromatic rings. The van der Waals surface area contributed by atoms with E-state index >= 15 is 0 Å². The van der Waals surface area contributed by atoms with Gasteiger partial charge in [0.25, 0.3) is 0 Å². The molecule has 6 heteroatoms. The Bertz CT molecular complexity index is 728. The number of carbonyl (C=O) groups is 1. The Morgan fingerprint density at radius 2 is 1.95 bits per heavy atom. The number of furan rings is 1. The fourth-order valence-electron chi connectivity index (χ4n) is 1.85. The first-order chi connectivity index (χ1) is 10.6. The molecule has 1 aromatic carbocycles. The predicted molar refractivity (Wildman–Crippen MR) is 77.8 cm³/mol. The van der Waals surface area contributed by atoms with Crippen molar-refractivity contribution in [3.8, 4) is 23.3 Å². The summed E-state index contributed by atoms with van der Waals surface area (Å²) in [6.45, 7) is 0. The van der Waals surface area contributed by atoms with Crippen LogP contribution in [0.2, 0.25) is 0 Å². The number of nitriles is 1. The van der Waals surface area contributed by atoms with Gasteiger partial charge >= 0.3 is 0 Å². The lowest BCUT2D eigenvalue weighted by Crippen LogP contribution is -2.00. The van der Waals surface area contributed by atoms with E-state index in [2.05, 4.69) is 0 Å². The number of benzene rings is 1. The van der Waals surface area contributed by atoms with Crippen LogP contribution < -0.4 is 9.47 Å². The first-order valence-corrected chi connectivity index (χ1v) is 6.25. The van der Waals surface area contributed by atoms with Gasteiger partial charge < -0.3 is 19.0 Å². The van der Waals surface area contributed by atoms with Gasteiger partial charge in [-0.3, -0.25) is 4.79 Å². The molecule has 6 nitrogen and oxygen atoms in total. The summed E-state index contributed by atoms with van der Waals surface area (Å²) in [5.74, 6) is -0.260. The highest BCUT2D eigenvalue weighted by Gasteiger charge is 2.16. The Labute approximate surface area is 126 Å². The number of methoxy groups -OCH3 is 2. The third-order valence-corrected chi connectivity index (χ3v) is 2.92. The van der Waals surface area contributed by atoms with Crippen LogP contribution in [0.3, 0.4) is 0 Å². The first kappa shape index (κ1) is 15.2. The van der Waals surface area contributed by atoms with Crippen molar-refractivity contribution in [3.05, 3.63) is 47.4 Å². The summed E-state index contributed by atoms with van der Waals surface area (Å²) in [4.78, 5) is 12.1. The zero-order chi connectivity index (χ0) is 16.1. The summed E-state index contributed by atoms with van der Waals surface area (Å²) in [6.07, 6.45) is 2.73. The molecule has 1 heterocycles. The molecular formula is C16H13NO5. The molecule has 22 heavy (non-hydrogen) atoms. The van der Waals surface area contributed by atoms with E-state index in [1.54, 1.807) is 6.07 Å². The number of carbonyl (C=O) groups excluding carboxylic acids is 1. The molecule has 1 aromatic heterocycles. The summed E-state index contributed by atoms with van der Waals surface area (Å²) in [5, 5.41) is 19.0. The standard InChI is InChI=1S/C16H13NO5/c1-20-13-7-10(8-14(21-2)16(13)19)6-11(9-17)15(18)12-4-3-5-22-12/h3-8,19H,1-2H3/b11-6+. The summed E-state index contributed by atoms with van der Waals surface area (Å²) < 4.78 is 15.1. The van der Waals surface area contributed by atoms with Crippen LogP contribution in [0.4, 0.5) is 0 Å². The number of ketones is 1. The molecule has 0 radical (unpaired) electrons. The molecule has 1 N–H and O–H groups in total. The van der Waals surface area contributed by atoms with Gasteiger partial charge in [0.05, 0.1) is 20.5 Å². The van der Waals surface area contributed by atoms with Gasteiger partial charge in [-0.05, 0) is 35.9 Å². The molecule has 0 aliphatic heterocycles. The average Bonchev–Trinajstić information content (AvgIpc) is 3.07. The Balaban J connectivity index is 2.46. The molecule has 0 aliphatic carbocycles. The number of nitrogens with zero attached hydrogens (tertiary/aromatic N) is 1. The van der Waals surface area contributed by atoms with Gasteiger partial charge in [0, 0.05) is 0 Å². The van der Waals surface area contributed by atoms with Crippen LogP contribution in [0, 0.1) is 11.3 Å². The van der Waals surface area contributed by atoms with Crippen molar-refractivity contribution in [2.75, 3.05) is 14.2 Å². The fourth-order valence-corrected chi connectivity index (χ4v) is 1.85. The number of hydrogen-bond donors (Lipinski definition) is 1. The van der Waals surface area contributed by atoms with Crippen molar-refractivity contribution in [1.29, 1.82) is 5.26 Å². The summed E-state index contributed by atoms with van der Waals surface area (Å²) in [7, 11) is 2.78. The number of rotatable bonds is 5. The Morgan fingerprint density at radius 3 is 2.41 bits per heavy atom. The Morgan fingerprint density at radius 1 is 1.32 bits per heavy atom. The van der Waals surface area contributed by atoms with E-state index in [0.717, 1.165) is 0 Å². The van der Waals surface area contributed by atoms with E-state index in [1.807, 2.05) is 6.07 Å². The van der Waals surface area contributed by atoms with Gasteiger partial charge in [-0.2, -0.15) is 5.26 Å². The van der Waals surface area contributed by atoms with E-state index in [1.165, 1.54) is 44.8 Å². The van der Waals surface area contributed by atoms with E-state index in [-0.39, 0.29) is 28.6 Å². The van der Waals surface area contributed by atoms with Crippen molar-refractivity contribution in [1.82, 2.24) is 0 Å². The minimum Gasteiger partial charge on any atom is -0.502 e. The largest absolute Gasteiger partial charge is 0.502 e. The quantitative estimate of drug-likeness (QED) is 0.518. The van der Waals surface area contributed by atoms with Gasteiger partial charge in [-0.25, -0.2) is 0 Å². The SMILES string of the molecule is COc1cc(/C=C(\C#N)C(=O)c2ccco2)cc(OC)c1O. The third-order valence-electron chi connectivity index (χ3n) is 2.92. The maximum Gasteiger partial charge on any atom is 0.238 e. The molecule has 0 unspecified atom stereocenters. The molecule has 0 atom stereocenters. The minimum atomic E-state index is -0.529. The van der Waals surface area contributed by atoms with Crippen molar-refractivity contribution in [3.63, 3.8) is 0 Å². The second kappa shape index (κ2) is 6.50. The zero-order valence-corrected chi connectivity index (χ0v) is 12.0. The lowest BCUT2D eigenvalue weighted by atomic mass is 10.1. The monoisotopic (exact) mass is 299 g/mol. The Hall–Kier alpha value is -3.20. The summed E-state index contributed by atoms with van der Waals surface area (Å²) >= 11 is 0. The van der Waals surface area contributed by atoms with E-state index in [4.69, 9.17) is 13.9 Å². The van der Waals surface area contributed by atoms with Crippen LogP contribution in [-0.2, 0) is 0 Å². The summed E-state index contributed by atoms with van der Waals surface area (Å²) in [5.41, 5.74) is 0.368. The smallest absolute Gasteiger partial charge is 0.238 e. The highest BCUT2D eigenvalue weighted by Crippen LogP contribution is 2.37. The number of Topliss-reactive ketones (excluding diaryl/α,β-unsaturated/α-hetero) is 1. The molecule has 0 spiro atoms. The second-order valence-electron chi connectivity index (χ2n) is 4.25. The zero-order valence-electron chi connectivity index (χ0n) is 12.0. The second-order valence-corrected chi connectivity index (χ2v) is 4.25. The van der Waals surface area contributed by atoms with Gasteiger partial charge in [0.15, 0.2) is 17.3 Å². The number of allylic oxidation sites excluding steroid dienone is 1. The molecule has 0 bridgehead atoms. The maximum atomic E-state index is 12.1. The normalized spacial score (nSPS) is 10.9. The molecular weight excluding hydrogens is 286 g/mol. The molecule has 0 fully saturated rings. The molecule has 0 saturated carbocycles. The minimum absolute atomic E-state index is 0.0745. The predicted octanol–water partition coefficient (Wildman–Crippen LogP) is 2.79. The lowest BCUT2D eigenvalue weighted by molar-refractivity contribution is 0.101. The molecule has 112 valence electrons. The molecule has 0 aliphatic rings. The molecule has 2 rings (SSSR count). The van der Waals surface area contributed by atoms with Crippen molar-refractivity contribution >= 4 is 11.9 Å². The number of hydrogen-bond acceptors (Lipinski definition) is 6. The Kier molecular flexibility index (Phi) is 4.49. The van der Waals surface area contributed by atoms with Crippen LogP contribution in [-0.4, -0.2) is 25.1 Å². The molecule has 0 saturated heterocycles. The fraction of sp³-hybridized carbons (Fsp3) is 0.125. The highest BCUT2D eigenvalue weighted by molar-refractivity contribution is 6.12. The van der Waals surface area contributed by atoms with E-state index in [0.29, 0.717) is 5.56 Å². The van der Waals surface area contributed by atoms with Crippen molar-refractivity contribution in [2.45, 2.75) is 0 Å². The number of phenols is 1. The molecule has 0 amide bonds. The van der Waals surface area contributed by atoms with Crippen LogP contribution in [0.25, 0.3) is 6.08 Å². The van der Waals surface area contributed by atoms with Gasteiger partial charge in [0.1, 0.15) is 11.6 Å². The van der Waals surface area contributed by atoms with Crippen LogP contribution in [0.5, 0.6) is 17.2 Å². The van der Waals surface area contributed by atoms with Gasteiger partial charge in [-0.15, -0.1) is 0 Å². The van der Waals surface area contributed by atoms with Gasteiger partial charge in [0.2, 0.25) is 11.5 Å². The van der Waals surface area contributed by atoms with E-state index in [9.17, 15) is 15.2 Å². The number of aromatic hydroxyl groups is 1. The average molecular weight is 299 g/mol. The van der Waals surface area contributed by atoms with Crippen LogP contribution >= 0.6 is 0 Å². The van der Waals surface area contributed by atoms with Crippen LogP contribution in [0.1, 0.15) is 16.1 Å². The van der Waals surface area contributed by atoms with Crippen molar-refractivity contribution < 1.29 is 23.8 Å². The topological polar surface area (TPSA) is 92.7 Å². The van der Waals surface area contributed by atoms with Gasteiger partial charge in [-0.1, -0.05) is 0 Å². The third kappa shape index (κ3) is 2.94. The maximum absolute atomic E-state index is 12.1. The first-order valence-electron chi connectivity index (χ1n) is 6.25.